The molecule has 1 saturated heterocycles. The number of carbonyl (C=O) groups excluding carboxylic acids is 2. The fraction of sp³-hybridized carbons (Fsp3) is 0.353. The number of halogens is 1. The highest BCUT2D eigenvalue weighted by atomic mass is 35.5. The molecule has 2 heterocycles. The van der Waals surface area contributed by atoms with Gasteiger partial charge < -0.3 is 15.0 Å². The number of rotatable bonds is 5. The third-order valence-electron chi connectivity index (χ3n) is 4.01. The zero-order valence-corrected chi connectivity index (χ0v) is 15.3. The Hall–Kier alpha value is -2.12. The van der Waals surface area contributed by atoms with Gasteiger partial charge in [0.25, 0.3) is 5.91 Å². The van der Waals surface area contributed by atoms with Crippen LogP contribution in [0.5, 0.6) is 0 Å². The smallest absolute Gasteiger partial charge is 0.329 e. The number of esters is 1. The van der Waals surface area contributed by atoms with Crippen molar-refractivity contribution < 1.29 is 14.3 Å². The lowest BCUT2D eigenvalue weighted by atomic mass is 10.2. The second-order valence-corrected chi connectivity index (χ2v) is 7.09. The van der Waals surface area contributed by atoms with Crippen molar-refractivity contribution in [2.75, 3.05) is 23.4 Å². The molecule has 1 N–H and O–H groups in total. The quantitative estimate of drug-likeness (QED) is 0.807. The number of hydrogen-bond donors (Lipinski definition) is 1. The predicted molar refractivity (Wildman–Crippen MR) is 98.3 cm³/mol. The minimum atomic E-state index is -0.398. The molecule has 1 aliphatic heterocycles. The van der Waals surface area contributed by atoms with Crippen LogP contribution in [0.2, 0.25) is 5.02 Å². The van der Waals surface area contributed by atoms with E-state index < -0.39 is 11.9 Å². The van der Waals surface area contributed by atoms with Crippen molar-refractivity contribution in [3.8, 4) is 0 Å². The van der Waals surface area contributed by atoms with Gasteiger partial charge in [-0.15, -0.1) is 11.3 Å². The van der Waals surface area contributed by atoms with Crippen molar-refractivity contribution in [2.24, 2.45) is 0 Å². The maximum Gasteiger partial charge on any atom is 0.329 e. The number of carbonyl (C=O) groups is 2. The van der Waals surface area contributed by atoms with Crippen molar-refractivity contribution in [1.82, 2.24) is 4.98 Å². The lowest BCUT2D eigenvalue weighted by Crippen LogP contribution is -2.38. The first-order chi connectivity index (χ1) is 12.0. The maximum atomic E-state index is 12.3. The molecule has 0 saturated carbocycles. The number of benzene rings is 1. The molecule has 6 nitrogen and oxygen atoms in total. The second-order valence-electron chi connectivity index (χ2n) is 5.78. The number of ether oxygens (including phenoxy) is 1. The van der Waals surface area contributed by atoms with E-state index in [1.54, 1.807) is 18.3 Å². The molecular weight excluding hydrogens is 362 g/mol. The zero-order chi connectivity index (χ0) is 17.8. The van der Waals surface area contributed by atoms with Gasteiger partial charge in [-0.25, -0.2) is 9.78 Å². The van der Waals surface area contributed by atoms with Crippen molar-refractivity contribution in [3.05, 3.63) is 40.4 Å². The molecule has 0 spiro atoms. The number of amides is 1. The lowest BCUT2D eigenvalue weighted by Gasteiger charge is -2.22. The Kier molecular flexibility index (Phi) is 5.55. The fourth-order valence-corrected chi connectivity index (χ4v) is 3.64. The number of anilines is 2. The Morgan fingerprint density at radius 2 is 2.32 bits per heavy atom. The van der Waals surface area contributed by atoms with Crippen LogP contribution >= 0.6 is 22.9 Å². The summed E-state index contributed by atoms with van der Waals surface area (Å²) in [5.74, 6) is -0.789. The molecule has 0 bridgehead atoms. The molecule has 2 aromatic rings. The fourth-order valence-electron chi connectivity index (χ4n) is 2.75. The molecule has 0 unspecified atom stereocenters. The minimum absolute atomic E-state index is 0.326. The largest absolute Gasteiger partial charge is 0.454 e. The van der Waals surface area contributed by atoms with Gasteiger partial charge in [-0.2, -0.15) is 0 Å². The Labute approximate surface area is 154 Å². The van der Waals surface area contributed by atoms with Crippen LogP contribution in [0.3, 0.4) is 0 Å². The summed E-state index contributed by atoms with van der Waals surface area (Å²) in [6.07, 6.45) is 3.31. The van der Waals surface area contributed by atoms with Crippen LogP contribution in [0.4, 0.5) is 10.8 Å². The molecular formula is C17H18ClN3O3S. The van der Waals surface area contributed by atoms with Gasteiger partial charge in [0, 0.05) is 28.8 Å². The van der Waals surface area contributed by atoms with Gasteiger partial charge in [0.1, 0.15) is 6.04 Å². The summed E-state index contributed by atoms with van der Waals surface area (Å²) in [5.41, 5.74) is 1.49. The molecule has 8 heteroatoms. The Bertz CT molecular complexity index is 767. The summed E-state index contributed by atoms with van der Waals surface area (Å²) in [4.78, 5) is 30.6. The molecule has 1 aliphatic rings. The van der Waals surface area contributed by atoms with E-state index in [9.17, 15) is 9.59 Å². The number of nitrogens with zero attached hydrogens (tertiary/aromatic N) is 2. The Morgan fingerprint density at radius 1 is 1.48 bits per heavy atom. The van der Waals surface area contributed by atoms with Gasteiger partial charge >= 0.3 is 5.97 Å². The molecule has 1 atom stereocenters. The van der Waals surface area contributed by atoms with Crippen LogP contribution in [-0.4, -0.2) is 36.1 Å². The molecule has 1 fully saturated rings. The molecule has 1 aromatic heterocycles. The number of hydrogen-bond acceptors (Lipinski definition) is 6. The van der Waals surface area contributed by atoms with Crippen molar-refractivity contribution in [1.29, 1.82) is 0 Å². The summed E-state index contributed by atoms with van der Waals surface area (Å²) in [5, 5.41) is 5.92. The van der Waals surface area contributed by atoms with E-state index in [0.29, 0.717) is 17.1 Å². The number of aryl methyl sites for hydroxylation is 1. The standard InChI is InChI=1S/C17H18ClN3O3S/c1-11-4-5-12(18)9-13(11)20-15(22)10-24-16(23)14-3-2-7-21(14)17-19-6-8-25-17/h4-6,8-9,14H,2-3,7,10H2,1H3,(H,20,22)/t14-/m0/s1. The number of nitrogens with one attached hydrogen (secondary N) is 1. The molecule has 132 valence electrons. The van der Waals surface area contributed by atoms with Crippen LogP contribution in [0.1, 0.15) is 18.4 Å². The highest BCUT2D eigenvalue weighted by molar-refractivity contribution is 7.13. The molecule has 3 rings (SSSR count). The molecule has 1 amide bonds. The predicted octanol–water partition coefficient (Wildman–Crippen LogP) is 3.26. The van der Waals surface area contributed by atoms with Gasteiger partial charge in [-0.1, -0.05) is 17.7 Å². The monoisotopic (exact) mass is 379 g/mol. The number of thiazole rings is 1. The summed E-state index contributed by atoms with van der Waals surface area (Å²) in [6, 6.07) is 4.85. The normalized spacial score (nSPS) is 16.7. The molecule has 25 heavy (non-hydrogen) atoms. The van der Waals surface area contributed by atoms with Gasteiger partial charge in [-0.05, 0) is 37.5 Å². The third kappa shape index (κ3) is 4.29. The first-order valence-corrected chi connectivity index (χ1v) is 9.19. The average molecular weight is 380 g/mol. The average Bonchev–Trinajstić information content (AvgIpc) is 3.26. The molecule has 0 radical (unpaired) electrons. The maximum absolute atomic E-state index is 12.3. The highest BCUT2D eigenvalue weighted by Crippen LogP contribution is 2.27. The SMILES string of the molecule is Cc1ccc(Cl)cc1NC(=O)COC(=O)[C@@H]1CCCN1c1nccs1. The van der Waals surface area contributed by atoms with E-state index in [-0.39, 0.29) is 12.6 Å². The highest BCUT2D eigenvalue weighted by Gasteiger charge is 2.33. The second kappa shape index (κ2) is 7.84. The van der Waals surface area contributed by atoms with Crippen molar-refractivity contribution in [3.63, 3.8) is 0 Å². The minimum Gasteiger partial charge on any atom is -0.454 e. The van der Waals surface area contributed by atoms with Gasteiger partial charge in [-0.3, -0.25) is 4.79 Å². The lowest BCUT2D eigenvalue weighted by molar-refractivity contribution is -0.148. The van der Waals surface area contributed by atoms with Crippen molar-refractivity contribution in [2.45, 2.75) is 25.8 Å². The summed E-state index contributed by atoms with van der Waals surface area (Å²) in [7, 11) is 0. The van der Waals surface area contributed by atoms with E-state index in [4.69, 9.17) is 16.3 Å². The van der Waals surface area contributed by atoms with Gasteiger partial charge in [0.15, 0.2) is 11.7 Å². The van der Waals surface area contributed by atoms with Crippen LogP contribution in [0.15, 0.2) is 29.8 Å². The van der Waals surface area contributed by atoms with E-state index in [1.807, 2.05) is 23.3 Å². The van der Waals surface area contributed by atoms with E-state index in [2.05, 4.69) is 10.3 Å². The van der Waals surface area contributed by atoms with E-state index >= 15 is 0 Å². The van der Waals surface area contributed by atoms with E-state index in [0.717, 1.165) is 23.7 Å². The van der Waals surface area contributed by atoms with Crippen molar-refractivity contribution >= 4 is 45.6 Å². The summed E-state index contributed by atoms with van der Waals surface area (Å²) < 4.78 is 5.21. The molecule has 0 aliphatic carbocycles. The van der Waals surface area contributed by atoms with Gasteiger partial charge in [0.05, 0.1) is 0 Å². The van der Waals surface area contributed by atoms with Crippen LogP contribution in [0, 0.1) is 6.92 Å². The zero-order valence-electron chi connectivity index (χ0n) is 13.7. The summed E-state index contributed by atoms with van der Waals surface area (Å²) in [6.45, 7) is 2.30. The Morgan fingerprint density at radius 3 is 3.08 bits per heavy atom. The number of aromatic nitrogens is 1. The summed E-state index contributed by atoms with van der Waals surface area (Å²) >= 11 is 7.42. The first-order valence-electron chi connectivity index (χ1n) is 7.93. The first kappa shape index (κ1) is 17.7. The third-order valence-corrected chi connectivity index (χ3v) is 5.05. The molecule has 1 aromatic carbocycles. The Balaban J connectivity index is 1.55. The van der Waals surface area contributed by atoms with E-state index in [1.165, 1.54) is 11.3 Å². The van der Waals surface area contributed by atoms with Crippen LogP contribution < -0.4 is 10.2 Å². The topological polar surface area (TPSA) is 71.5 Å². The van der Waals surface area contributed by atoms with Gasteiger partial charge in [0.2, 0.25) is 0 Å². The van der Waals surface area contributed by atoms with Crippen LogP contribution in [0.25, 0.3) is 0 Å². The van der Waals surface area contributed by atoms with Crippen LogP contribution in [-0.2, 0) is 14.3 Å².